The zero-order valence-corrected chi connectivity index (χ0v) is 23.0. The lowest BCUT2D eigenvalue weighted by Gasteiger charge is -2.22. The molecular formula is C24H36F2N8O2Si. The zero-order valence-electron chi connectivity index (χ0n) is 22.0. The molecule has 13 heteroatoms. The molecule has 2 saturated heterocycles. The van der Waals surface area contributed by atoms with Crippen LogP contribution >= 0.6 is 0 Å². The van der Waals surface area contributed by atoms with Crippen LogP contribution in [0.5, 0.6) is 0 Å². The van der Waals surface area contributed by atoms with Gasteiger partial charge >= 0.3 is 0 Å². The van der Waals surface area contributed by atoms with Gasteiger partial charge in [0.15, 0.2) is 5.65 Å². The number of aryl methyl sites for hydroxylation is 1. The Kier molecular flexibility index (Phi) is 7.20. The molecule has 0 aliphatic carbocycles. The highest BCUT2D eigenvalue weighted by molar-refractivity contribution is 6.76. The predicted molar refractivity (Wildman–Crippen MR) is 140 cm³/mol. The first-order valence-corrected chi connectivity index (χ1v) is 16.6. The molecule has 0 amide bonds. The van der Waals surface area contributed by atoms with Crippen molar-refractivity contribution in [1.29, 1.82) is 0 Å². The fourth-order valence-corrected chi connectivity index (χ4v) is 5.46. The van der Waals surface area contributed by atoms with Gasteiger partial charge in [-0.1, -0.05) is 19.6 Å². The molecule has 5 rings (SSSR count). The number of rotatable bonds is 9. The van der Waals surface area contributed by atoms with Crippen LogP contribution in [0.4, 0.5) is 20.4 Å². The van der Waals surface area contributed by atoms with Gasteiger partial charge in [0.2, 0.25) is 5.95 Å². The van der Waals surface area contributed by atoms with E-state index in [1.807, 2.05) is 13.1 Å². The average Bonchev–Trinajstić information content (AvgIpc) is 3.51. The lowest BCUT2D eigenvalue weighted by atomic mass is 10.1. The summed E-state index contributed by atoms with van der Waals surface area (Å²) in [6, 6.07) is 1.28. The molecule has 0 unspecified atom stereocenters. The Bertz CT molecular complexity index is 1240. The maximum Gasteiger partial charge on any atom is 0.266 e. The van der Waals surface area contributed by atoms with Gasteiger partial charge in [0, 0.05) is 58.7 Å². The fraction of sp³-hybridized carbons (Fsp3) is 0.667. The molecule has 37 heavy (non-hydrogen) atoms. The highest BCUT2D eigenvalue weighted by atomic mass is 28.3. The van der Waals surface area contributed by atoms with Gasteiger partial charge in [-0.25, -0.2) is 18.4 Å². The quantitative estimate of drug-likeness (QED) is 0.325. The van der Waals surface area contributed by atoms with Crippen LogP contribution in [0.1, 0.15) is 25.0 Å². The van der Waals surface area contributed by atoms with Gasteiger partial charge in [-0.2, -0.15) is 14.6 Å². The Hall–Kier alpha value is -2.64. The minimum Gasteiger partial charge on any atom is -0.381 e. The first-order chi connectivity index (χ1) is 17.6. The minimum absolute atomic E-state index is 0.208. The van der Waals surface area contributed by atoms with Gasteiger partial charge < -0.3 is 19.7 Å². The van der Waals surface area contributed by atoms with Crippen molar-refractivity contribution < 1.29 is 18.3 Å². The van der Waals surface area contributed by atoms with E-state index in [9.17, 15) is 8.78 Å². The summed E-state index contributed by atoms with van der Waals surface area (Å²) in [5.41, 5.74) is 3.13. The molecule has 5 heterocycles. The maximum absolute atomic E-state index is 14.3. The van der Waals surface area contributed by atoms with E-state index in [1.54, 1.807) is 20.4 Å². The molecule has 3 aromatic heterocycles. The van der Waals surface area contributed by atoms with Crippen molar-refractivity contribution in [1.82, 2.24) is 29.4 Å². The van der Waals surface area contributed by atoms with E-state index in [-0.39, 0.29) is 25.6 Å². The van der Waals surface area contributed by atoms with Crippen molar-refractivity contribution in [3.63, 3.8) is 0 Å². The Morgan fingerprint density at radius 2 is 2.00 bits per heavy atom. The molecule has 0 spiro atoms. The first kappa shape index (κ1) is 26.0. The smallest absolute Gasteiger partial charge is 0.266 e. The number of hydrogen-bond acceptors (Lipinski definition) is 8. The van der Waals surface area contributed by atoms with E-state index < -0.39 is 14.0 Å². The van der Waals surface area contributed by atoms with Crippen LogP contribution in [0.2, 0.25) is 25.7 Å². The van der Waals surface area contributed by atoms with Gasteiger partial charge in [-0.05, 0) is 25.8 Å². The van der Waals surface area contributed by atoms with E-state index in [0.717, 1.165) is 30.1 Å². The number of ether oxygens (including phenoxy) is 2. The number of nitrogens with zero attached hydrogens (tertiary/aromatic N) is 7. The van der Waals surface area contributed by atoms with Crippen molar-refractivity contribution in [2.45, 2.75) is 70.6 Å². The SMILES string of the molecule is Cc1nn(COCC[Si](C)(C)C)cc1-c1ncn2nc(NC3CCOCC3)nc2c1N1CCC(F)(F)C1. The second kappa shape index (κ2) is 10.3. The molecule has 10 nitrogen and oxygen atoms in total. The summed E-state index contributed by atoms with van der Waals surface area (Å²) in [4.78, 5) is 11.1. The van der Waals surface area contributed by atoms with E-state index >= 15 is 0 Å². The number of hydrogen-bond donors (Lipinski definition) is 1. The third-order valence-electron chi connectivity index (χ3n) is 6.83. The molecular weight excluding hydrogens is 498 g/mol. The zero-order chi connectivity index (χ0) is 26.2. The normalized spacial score (nSPS) is 18.7. The summed E-state index contributed by atoms with van der Waals surface area (Å²) in [7, 11) is -1.18. The first-order valence-electron chi connectivity index (χ1n) is 12.9. The molecule has 2 aliphatic heterocycles. The highest BCUT2D eigenvalue weighted by Gasteiger charge is 2.40. The summed E-state index contributed by atoms with van der Waals surface area (Å²) >= 11 is 0. The molecule has 3 aromatic rings. The summed E-state index contributed by atoms with van der Waals surface area (Å²) in [6.45, 7) is 11.1. The summed E-state index contributed by atoms with van der Waals surface area (Å²) in [5.74, 6) is -2.31. The van der Waals surface area contributed by atoms with Crippen LogP contribution in [0.15, 0.2) is 12.5 Å². The number of aromatic nitrogens is 6. The van der Waals surface area contributed by atoms with Crippen molar-refractivity contribution in [3.05, 3.63) is 18.2 Å². The largest absolute Gasteiger partial charge is 0.381 e. The number of anilines is 2. The maximum atomic E-state index is 14.3. The third-order valence-corrected chi connectivity index (χ3v) is 8.53. The van der Waals surface area contributed by atoms with Gasteiger partial charge in [-0.15, -0.1) is 5.10 Å². The molecule has 0 bridgehead atoms. The summed E-state index contributed by atoms with van der Waals surface area (Å²) < 4.78 is 43.2. The van der Waals surface area contributed by atoms with Crippen LogP contribution in [0.25, 0.3) is 16.9 Å². The summed E-state index contributed by atoms with van der Waals surface area (Å²) in [6.07, 6.45) is 4.98. The van der Waals surface area contributed by atoms with Crippen LogP contribution in [-0.4, -0.2) is 82.3 Å². The second-order valence-electron chi connectivity index (χ2n) is 11.2. The van der Waals surface area contributed by atoms with Crippen molar-refractivity contribution in [2.75, 3.05) is 43.1 Å². The minimum atomic E-state index is -2.77. The lowest BCUT2D eigenvalue weighted by molar-refractivity contribution is 0.0257. The number of nitrogens with one attached hydrogen (secondary N) is 1. The van der Waals surface area contributed by atoms with Crippen molar-refractivity contribution in [3.8, 4) is 11.3 Å². The highest BCUT2D eigenvalue weighted by Crippen LogP contribution is 2.39. The van der Waals surface area contributed by atoms with Crippen LogP contribution in [0, 0.1) is 6.92 Å². The summed E-state index contributed by atoms with van der Waals surface area (Å²) in [5, 5.41) is 12.5. The van der Waals surface area contributed by atoms with Gasteiger partial charge in [-0.3, -0.25) is 0 Å². The Morgan fingerprint density at radius 1 is 1.22 bits per heavy atom. The molecule has 0 radical (unpaired) electrons. The Labute approximate surface area is 216 Å². The topological polar surface area (TPSA) is 94.6 Å². The van der Waals surface area contributed by atoms with Gasteiger partial charge in [0.25, 0.3) is 5.92 Å². The fourth-order valence-electron chi connectivity index (χ4n) is 4.70. The molecule has 0 aromatic carbocycles. The Morgan fingerprint density at radius 3 is 2.70 bits per heavy atom. The molecule has 2 fully saturated rings. The molecule has 0 atom stereocenters. The van der Waals surface area contributed by atoms with E-state index in [0.29, 0.717) is 49.5 Å². The van der Waals surface area contributed by atoms with Crippen molar-refractivity contribution >= 4 is 25.4 Å². The predicted octanol–water partition coefficient (Wildman–Crippen LogP) is 4.04. The molecule has 202 valence electrons. The number of halogens is 2. The van der Waals surface area contributed by atoms with Crippen LogP contribution in [-0.2, 0) is 16.2 Å². The standard InChI is InChI=1S/C24H36F2N8O2Si/c1-17-19(13-33(30-17)16-36-11-12-37(2,3)4)20-21(32-8-7-24(25,26)14-32)22-29-23(31-34(22)15-27-20)28-18-5-9-35-10-6-18/h13,15,18H,5-12,14,16H2,1-4H3,(H,28,31). The van der Waals surface area contributed by atoms with Gasteiger partial charge in [0.05, 0.1) is 12.2 Å². The van der Waals surface area contributed by atoms with Crippen LogP contribution in [0.3, 0.4) is 0 Å². The Balaban J connectivity index is 1.46. The van der Waals surface area contributed by atoms with Gasteiger partial charge in [0.1, 0.15) is 24.4 Å². The van der Waals surface area contributed by atoms with Crippen LogP contribution < -0.4 is 10.2 Å². The third kappa shape index (κ3) is 6.09. The van der Waals surface area contributed by atoms with Crippen molar-refractivity contribution in [2.24, 2.45) is 0 Å². The van der Waals surface area contributed by atoms with E-state index in [4.69, 9.17) is 14.5 Å². The molecule has 2 aliphatic rings. The van der Waals surface area contributed by atoms with E-state index in [2.05, 4.69) is 40.1 Å². The average molecular weight is 535 g/mol. The number of alkyl halides is 2. The monoisotopic (exact) mass is 534 g/mol. The second-order valence-corrected chi connectivity index (χ2v) is 16.8. The lowest BCUT2D eigenvalue weighted by Crippen LogP contribution is -2.28. The number of fused-ring (bicyclic) bond motifs is 1. The molecule has 0 saturated carbocycles. The molecule has 1 N–H and O–H groups in total. The van der Waals surface area contributed by atoms with E-state index in [1.165, 1.54) is 0 Å².